The van der Waals surface area contributed by atoms with Gasteiger partial charge < -0.3 is 23.0 Å². The van der Waals surface area contributed by atoms with E-state index >= 15 is 0 Å². The number of amides is 1. The molecule has 2 unspecified atom stereocenters. The zero-order chi connectivity index (χ0) is 14.0. The second-order valence-corrected chi connectivity index (χ2v) is 5.83. The Hall–Kier alpha value is 0.761. The second-order valence-electron chi connectivity index (χ2n) is 5.83. The van der Waals surface area contributed by atoms with Crippen LogP contribution in [0.15, 0.2) is 0 Å². The molecule has 0 aromatic rings. The number of nitrogens with one attached hydrogen (secondary N) is 1. The SMILES string of the molecule is CC(C)(C)OC(=O)NC1CCCCC1[B-](F)(F)F.[K+]. The monoisotopic (exact) mass is 305 g/mol. The predicted molar refractivity (Wildman–Crippen MR) is 64.5 cm³/mol. The van der Waals surface area contributed by atoms with Crippen LogP contribution in [0.25, 0.3) is 0 Å². The summed E-state index contributed by atoms with van der Waals surface area (Å²) in [5.41, 5.74) is -0.697. The molecule has 3 nitrogen and oxygen atoms in total. The molecule has 0 aliphatic heterocycles. The molecule has 1 aliphatic carbocycles. The van der Waals surface area contributed by atoms with Crippen LogP contribution in [-0.2, 0) is 4.74 Å². The quantitative estimate of drug-likeness (QED) is 0.762. The van der Waals surface area contributed by atoms with Crippen molar-refractivity contribution in [3.63, 3.8) is 0 Å². The van der Waals surface area contributed by atoms with Crippen molar-refractivity contribution < 1.29 is 73.9 Å². The Balaban J connectivity index is 0.00000324. The molecule has 0 radical (unpaired) electrons. The number of ether oxygens (including phenoxy) is 1. The molecule has 8 heteroatoms. The summed E-state index contributed by atoms with van der Waals surface area (Å²) in [5.74, 6) is -1.40. The van der Waals surface area contributed by atoms with Crippen molar-refractivity contribution in [3.05, 3.63) is 0 Å². The molecule has 0 spiro atoms. The minimum Gasteiger partial charge on any atom is -0.449 e. The van der Waals surface area contributed by atoms with Gasteiger partial charge in [-0.15, -0.1) is 0 Å². The maximum atomic E-state index is 12.9. The predicted octanol–water partition coefficient (Wildman–Crippen LogP) is 0.675. The van der Waals surface area contributed by atoms with Gasteiger partial charge in [0.15, 0.2) is 0 Å². The van der Waals surface area contributed by atoms with Crippen molar-refractivity contribution >= 4 is 13.1 Å². The Kier molecular flexibility index (Phi) is 7.99. The molecule has 0 saturated heterocycles. The number of halogens is 3. The van der Waals surface area contributed by atoms with Gasteiger partial charge in [-0.1, -0.05) is 25.1 Å². The van der Waals surface area contributed by atoms with Crippen LogP contribution in [0.1, 0.15) is 46.5 Å². The first-order valence-corrected chi connectivity index (χ1v) is 6.29. The molecule has 1 amide bonds. The number of hydrogen-bond acceptors (Lipinski definition) is 2. The topological polar surface area (TPSA) is 38.3 Å². The van der Waals surface area contributed by atoms with Crippen LogP contribution < -0.4 is 56.7 Å². The van der Waals surface area contributed by atoms with Crippen LogP contribution in [0.3, 0.4) is 0 Å². The molecule has 1 fully saturated rings. The summed E-state index contributed by atoms with van der Waals surface area (Å²) in [6, 6.07) is -0.839. The molecule has 1 rings (SSSR count). The van der Waals surface area contributed by atoms with Crippen molar-refractivity contribution in [1.82, 2.24) is 5.32 Å². The van der Waals surface area contributed by atoms with Crippen molar-refractivity contribution in [2.75, 3.05) is 0 Å². The van der Waals surface area contributed by atoms with E-state index in [1.165, 1.54) is 0 Å². The van der Waals surface area contributed by atoms with Gasteiger partial charge in [-0.2, -0.15) is 0 Å². The van der Waals surface area contributed by atoms with Gasteiger partial charge in [-0.3, -0.25) is 0 Å². The van der Waals surface area contributed by atoms with E-state index in [0.717, 1.165) is 0 Å². The fraction of sp³-hybridized carbons (Fsp3) is 0.909. The molecule has 1 saturated carbocycles. The minimum absolute atomic E-state index is 0. The zero-order valence-electron chi connectivity index (χ0n) is 12.0. The molecule has 0 aromatic heterocycles. The molecular formula is C11H20BF3KNO2. The van der Waals surface area contributed by atoms with Crippen molar-refractivity contribution in [3.8, 4) is 0 Å². The van der Waals surface area contributed by atoms with Gasteiger partial charge in [-0.25, -0.2) is 4.79 Å². The standard InChI is InChI=1S/C11H20BF3NO2.K/c1-11(2,3)18-10(17)16-9-7-5-4-6-8(9)12(13,14)15;/h8-9H,4-7H2,1-3H3,(H,16,17);/q-1;+1. The van der Waals surface area contributed by atoms with E-state index in [-0.39, 0.29) is 57.8 Å². The van der Waals surface area contributed by atoms with Gasteiger partial charge in [0.05, 0.1) is 0 Å². The van der Waals surface area contributed by atoms with Gasteiger partial charge in [0, 0.05) is 6.04 Å². The number of hydrogen-bond donors (Lipinski definition) is 1. The van der Waals surface area contributed by atoms with E-state index in [4.69, 9.17) is 4.74 Å². The smallest absolute Gasteiger partial charge is 0.449 e. The van der Waals surface area contributed by atoms with Crippen LogP contribution in [0.4, 0.5) is 17.7 Å². The van der Waals surface area contributed by atoms with E-state index in [1.54, 1.807) is 20.8 Å². The molecule has 1 aliphatic rings. The fourth-order valence-electron chi connectivity index (χ4n) is 2.25. The molecule has 2 atom stereocenters. The van der Waals surface area contributed by atoms with E-state index in [1.807, 2.05) is 0 Å². The summed E-state index contributed by atoms with van der Waals surface area (Å²) in [6.07, 6.45) is 0.982. The van der Waals surface area contributed by atoms with Gasteiger partial charge in [0.25, 0.3) is 0 Å². The van der Waals surface area contributed by atoms with E-state index in [0.29, 0.717) is 19.3 Å². The molecule has 0 heterocycles. The molecule has 1 N–H and O–H groups in total. The summed E-state index contributed by atoms with van der Waals surface area (Å²) in [7, 11) is 0. The van der Waals surface area contributed by atoms with Crippen molar-refractivity contribution in [2.45, 2.75) is 63.9 Å². The van der Waals surface area contributed by atoms with Gasteiger partial charge in [0.2, 0.25) is 0 Å². The van der Waals surface area contributed by atoms with Gasteiger partial charge in [0.1, 0.15) is 5.60 Å². The van der Waals surface area contributed by atoms with E-state index in [2.05, 4.69) is 5.32 Å². The third-order valence-corrected chi connectivity index (χ3v) is 3.01. The Morgan fingerprint density at radius 1 is 1.21 bits per heavy atom. The van der Waals surface area contributed by atoms with E-state index in [9.17, 15) is 17.7 Å². The molecular weight excluding hydrogens is 285 g/mol. The summed E-state index contributed by atoms with van der Waals surface area (Å²) in [5, 5.41) is 2.37. The van der Waals surface area contributed by atoms with Crippen LogP contribution in [0.2, 0.25) is 5.82 Å². The van der Waals surface area contributed by atoms with Gasteiger partial charge >= 0.3 is 64.5 Å². The zero-order valence-corrected chi connectivity index (χ0v) is 15.1. The van der Waals surface area contributed by atoms with Crippen LogP contribution >= 0.6 is 0 Å². The third kappa shape index (κ3) is 7.36. The van der Waals surface area contributed by atoms with Crippen molar-refractivity contribution in [1.29, 1.82) is 0 Å². The number of rotatable bonds is 2. The Labute approximate surface area is 154 Å². The van der Waals surface area contributed by atoms with Crippen molar-refractivity contribution in [2.24, 2.45) is 0 Å². The molecule has 0 bridgehead atoms. The largest absolute Gasteiger partial charge is 1.00 e. The third-order valence-electron chi connectivity index (χ3n) is 3.01. The van der Waals surface area contributed by atoms with Gasteiger partial charge in [-0.05, 0) is 27.2 Å². The number of carbonyl (C=O) groups is 1. The average molecular weight is 305 g/mol. The van der Waals surface area contributed by atoms with E-state index < -0.39 is 30.5 Å². The molecule has 106 valence electrons. The van der Waals surface area contributed by atoms with Crippen LogP contribution in [0, 0.1) is 0 Å². The summed E-state index contributed by atoms with van der Waals surface area (Å²) in [6.45, 7) is 0.121. The van der Waals surface area contributed by atoms with Crippen LogP contribution in [-0.4, -0.2) is 24.7 Å². The molecule has 0 aromatic carbocycles. The first kappa shape index (κ1) is 19.8. The minimum atomic E-state index is -4.92. The Morgan fingerprint density at radius 3 is 2.21 bits per heavy atom. The Morgan fingerprint density at radius 2 is 1.74 bits per heavy atom. The number of alkyl carbamates (subject to hydrolysis) is 1. The maximum absolute atomic E-state index is 12.9. The summed E-state index contributed by atoms with van der Waals surface area (Å²) < 4.78 is 43.5. The summed E-state index contributed by atoms with van der Waals surface area (Å²) in [4.78, 5) is 11.5. The average Bonchev–Trinajstić information content (AvgIpc) is 2.13. The Bertz CT molecular complexity index is 307. The normalized spacial score (nSPS) is 24.3. The van der Waals surface area contributed by atoms with Crippen LogP contribution in [0.5, 0.6) is 0 Å². The maximum Gasteiger partial charge on any atom is 1.00 e. The first-order valence-electron chi connectivity index (χ1n) is 6.29. The summed E-state index contributed by atoms with van der Waals surface area (Å²) >= 11 is 0. The first-order chi connectivity index (χ1) is 8.09. The fourth-order valence-corrected chi connectivity index (χ4v) is 2.25. The molecule has 19 heavy (non-hydrogen) atoms. The number of carbonyl (C=O) groups excluding carboxylic acids is 1. The second kappa shape index (κ2) is 7.68.